The lowest BCUT2D eigenvalue weighted by molar-refractivity contribution is 0.487. The van der Waals surface area contributed by atoms with Gasteiger partial charge in [0.1, 0.15) is 22.7 Å². The molecule has 1 aliphatic rings. The molecule has 0 amide bonds. The number of aromatic nitrogens is 3. The van der Waals surface area contributed by atoms with E-state index in [0.29, 0.717) is 5.82 Å². The van der Waals surface area contributed by atoms with Crippen molar-refractivity contribution in [3.8, 4) is 89.9 Å². The van der Waals surface area contributed by atoms with E-state index in [1.54, 1.807) is 6.20 Å². The van der Waals surface area contributed by atoms with Crippen molar-refractivity contribution in [3.05, 3.63) is 188 Å². The van der Waals surface area contributed by atoms with Crippen molar-refractivity contribution >= 4 is 21.9 Å². The fraction of sp³-hybridized carbons (Fsp3) is 0. The lowest BCUT2D eigenvalue weighted by Crippen LogP contribution is -1.97. The van der Waals surface area contributed by atoms with Crippen LogP contribution in [-0.2, 0) is 0 Å². The van der Waals surface area contributed by atoms with Gasteiger partial charge in [0.15, 0.2) is 5.82 Å². The minimum atomic E-state index is 0.609. The summed E-state index contributed by atoms with van der Waals surface area (Å²) in [5.74, 6) is 2.11. The third-order valence-corrected chi connectivity index (χ3v) is 10.6. The maximum atomic E-state index is 7.14. The molecule has 7 aromatic carbocycles. The Bertz CT molecular complexity index is 3060. The molecule has 262 valence electrons. The molecule has 0 atom stereocenters. The van der Waals surface area contributed by atoms with Crippen molar-refractivity contribution in [3.63, 3.8) is 0 Å². The normalized spacial score (nSPS) is 11.7. The summed E-state index contributed by atoms with van der Waals surface area (Å²) in [6.45, 7) is 0. The molecular weight excluding hydrogens is 687 g/mol. The standard InChI is InChI=1S/C51H31N3O2/c1-2-13-32(14-3-1)45-30-46(54-51(53-45)34-15-12-26-52-31-34)33-24-25-39-37-18-5-4-16-35(37)36-17-6-7-19-38(36)40-20-8-10-22-47(40)55-50-28-43-41-21-9-11-23-48(41)56-49(43)29-44(50)42(39)27-33/h1-31H. The number of para-hydroxylation sites is 2. The third-order valence-electron chi connectivity index (χ3n) is 10.6. The Morgan fingerprint density at radius 3 is 1.73 bits per heavy atom. The molecule has 0 fully saturated rings. The lowest BCUT2D eigenvalue weighted by atomic mass is 9.85. The Hall–Kier alpha value is -7.63. The van der Waals surface area contributed by atoms with Crippen LogP contribution in [0, 0.1) is 0 Å². The van der Waals surface area contributed by atoms with Crippen LogP contribution in [0.2, 0.25) is 0 Å². The van der Waals surface area contributed by atoms with E-state index < -0.39 is 0 Å². The van der Waals surface area contributed by atoms with Crippen LogP contribution in [0.3, 0.4) is 0 Å². The number of hydrogen-bond acceptors (Lipinski definition) is 5. The van der Waals surface area contributed by atoms with E-state index in [1.165, 1.54) is 0 Å². The smallest absolute Gasteiger partial charge is 0.161 e. The largest absolute Gasteiger partial charge is 0.456 e. The summed E-state index contributed by atoms with van der Waals surface area (Å²) < 4.78 is 13.7. The first-order chi connectivity index (χ1) is 27.7. The molecule has 0 spiro atoms. The first-order valence-electron chi connectivity index (χ1n) is 18.7. The summed E-state index contributed by atoms with van der Waals surface area (Å²) in [6, 6.07) is 60.8. The number of benzene rings is 7. The van der Waals surface area contributed by atoms with Gasteiger partial charge in [0.25, 0.3) is 0 Å². The number of nitrogens with zero attached hydrogens (tertiary/aromatic N) is 3. The molecule has 0 radical (unpaired) electrons. The molecular formula is C51H31N3O2. The number of furan rings is 1. The van der Waals surface area contributed by atoms with Crippen molar-refractivity contribution in [2.45, 2.75) is 0 Å². The predicted molar refractivity (Wildman–Crippen MR) is 225 cm³/mol. The van der Waals surface area contributed by atoms with Crippen LogP contribution >= 0.6 is 0 Å². The minimum absolute atomic E-state index is 0.609. The molecule has 5 nitrogen and oxygen atoms in total. The van der Waals surface area contributed by atoms with Crippen molar-refractivity contribution < 1.29 is 9.15 Å². The highest BCUT2D eigenvalue weighted by Gasteiger charge is 2.24. The maximum Gasteiger partial charge on any atom is 0.161 e. The van der Waals surface area contributed by atoms with Gasteiger partial charge in [-0.3, -0.25) is 4.98 Å². The second kappa shape index (κ2) is 13.0. The van der Waals surface area contributed by atoms with Crippen LogP contribution in [0.15, 0.2) is 193 Å². The van der Waals surface area contributed by atoms with Crippen LogP contribution < -0.4 is 4.74 Å². The zero-order valence-corrected chi connectivity index (χ0v) is 30.1. The van der Waals surface area contributed by atoms with Crippen molar-refractivity contribution in [1.29, 1.82) is 0 Å². The summed E-state index contributed by atoms with van der Waals surface area (Å²) in [7, 11) is 0. The van der Waals surface area contributed by atoms with Crippen LogP contribution in [-0.4, -0.2) is 15.0 Å². The Morgan fingerprint density at radius 1 is 0.357 bits per heavy atom. The molecule has 3 aromatic heterocycles. The van der Waals surface area contributed by atoms with Gasteiger partial charge in [0, 0.05) is 51.0 Å². The van der Waals surface area contributed by atoms with Crippen LogP contribution in [0.4, 0.5) is 0 Å². The highest BCUT2D eigenvalue weighted by Crippen LogP contribution is 2.50. The van der Waals surface area contributed by atoms with E-state index in [2.05, 4.69) is 126 Å². The predicted octanol–water partition coefficient (Wildman–Crippen LogP) is 13.5. The SMILES string of the molecule is c1ccc(-c2cc(-c3ccc4c(c3)-c3cc5oc6ccccc6c5cc3Oc3ccccc3-c3ccccc3-c3ccccc3-4)nc(-c3cccnc3)n2)cc1. The van der Waals surface area contributed by atoms with E-state index in [0.717, 1.165) is 106 Å². The molecule has 10 aromatic rings. The highest BCUT2D eigenvalue weighted by molar-refractivity contribution is 6.08. The first-order valence-corrected chi connectivity index (χ1v) is 18.7. The molecule has 11 rings (SSSR count). The average Bonchev–Trinajstić information content (AvgIpc) is 3.63. The molecule has 0 saturated carbocycles. The minimum Gasteiger partial charge on any atom is -0.456 e. The summed E-state index contributed by atoms with van der Waals surface area (Å²) in [5, 5.41) is 2.04. The molecule has 1 aliphatic heterocycles. The Labute approximate surface area is 323 Å². The third kappa shape index (κ3) is 5.37. The Morgan fingerprint density at radius 2 is 0.982 bits per heavy atom. The molecule has 0 saturated heterocycles. The van der Waals surface area contributed by atoms with Gasteiger partial charge in [-0.1, -0.05) is 127 Å². The monoisotopic (exact) mass is 717 g/mol. The van der Waals surface area contributed by atoms with E-state index in [4.69, 9.17) is 19.1 Å². The maximum absolute atomic E-state index is 7.14. The summed E-state index contributed by atoms with van der Waals surface area (Å²) in [5.41, 5.74) is 14.5. The van der Waals surface area contributed by atoms with Gasteiger partial charge in [-0.2, -0.15) is 0 Å². The molecule has 56 heavy (non-hydrogen) atoms. The van der Waals surface area contributed by atoms with Gasteiger partial charge in [-0.25, -0.2) is 9.97 Å². The number of rotatable bonds is 3. The Kier molecular flexibility index (Phi) is 7.42. The van der Waals surface area contributed by atoms with Crippen molar-refractivity contribution in [1.82, 2.24) is 15.0 Å². The second-order valence-electron chi connectivity index (χ2n) is 14.0. The quantitative estimate of drug-likeness (QED) is 0.182. The molecule has 0 aliphatic carbocycles. The summed E-state index contributed by atoms with van der Waals surface area (Å²) in [6.07, 6.45) is 3.57. The zero-order valence-electron chi connectivity index (χ0n) is 30.1. The number of fused-ring (bicyclic) bond motifs is 12. The Balaban J connectivity index is 1.23. The van der Waals surface area contributed by atoms with Gasteiger partial charge >= 0.3 is 0 Å². The van der Waals surface area contributed by atoms with Crippen molar-refractivity contribution in [2.24, 2.45) is 0 Å². The van der Waals surface area contributed by atoms with Gasteiger partial charge < -0.3 is 9.15 Å². The molecule has 0 unspecified atom stereocenters. The van der Waals surface area contributed by atoms with Gasteiger partial charge in [-0.15, -0.1) is 0 Å². The highest BCUT2D eigenvalue weighted by atomic mass is 16.5. The molecule has 4 heterocycles. The van der Waals surface area contributed by atoms with Gasteiger partial charge in [0.2, 0.25) is 0 Å². The summed E-state index contributed by atoms with van der Waals surface area (Å²) in [4.78, 5) is 14.6. The number of pyridine rings is 1. The number of ether oxygens (including phenoxy) is 1. The topological polar surface area (TPSA) is 61.0 Å². The van der Waals surface area contributed by atoms with Crippen LogP contribution in [0.5, 0.6) is 11.5 Å². The molecule has 0 N–H and O–H groups in total. The van der Waals surface area contributed by atoms with E-state index in [9.17, 15) is 0 Å². The number of hydrogen-bond donors (Lipinski definition) is 0. The average molecular weight is 718 g/mol. The second-order valence-corrected chi connectivity index (χ2v) is 14.0. The fourth-order valence-corrected chi connectivity index (χ4v) is 7.99. The van der Waals surface area contributed by atoms with E-state index in [-0.39, 0.29) is 0 Å². The summed E-state index contributed by atoms with van der Waals surface area (Å²) >= 11 is 0. The zero-order chi connectivity index (χ0) is 37.0. The van der Waals surface area contributed by atoms with Crippen molar-refractivity contribution in [2.75, 3.05) is 0 Å². The van der Waals surface area contributed by atoms with Gasteiger partial charge in [-0.05, 0) is 81.9 Å². The van der Waals surface area contributed by atoms with Crippen LogP contribution in [0.25, 0.3) is 100 Å². The molecule has 0 bridgehead atoms. The lowest BCUT2D eigenvalue weighted by Gasteiger charge is -2.18. The van der Waals surface area contributed by atoms with Crippen LogP contribution in [0.1, 0.15) is 0 Å². The molecule has 5 heteroatoms. The van der Waals surface area contributed by atoms with E-state index in [1.807, 2.05) is 60.8 Å². The van der Waals surface area contributed by atoms with E-state index >= 15 is 0 Å². The fourth-order valence-electron chi connectivity index (χ4n) is 7.99. The van der Waals surface area contributed by atoms with Gasteiger partial charge in [0.05, 0.1) is 11.4 Å². The first kappa shape index (κ1) is 31.9.